The van der Waals surface area contributed by atoms with Crippen molar-refractivity contribution in [2.75, 3.05) is 14.2 Å². The molecule has 0 saturated heterocycles. The summed E-state index contributed by atoms with van der Waals surface area (Å²) < 4.78 is 40.8. The molecule has 1 atom stereocenters. The first-order valence-corrected chi connectivity index (χ1v) is 11.1. The predicted octanol–water partition coefficient (Wildman–Crippen LogP) is 3.95. The minimum Gasteiger partial charge on any atom is -0.497 e. The largest absolute Gasteiger partial charge is 0.497 e. The highest BCUT2D eigenvalue weighted by molar-refractivity contribution is 7.88. The van der Waals surface area contributed by atoms with Gasteiger partial charge < -0.3 is 14.2 Å². The van der Waals surface area contributed by atoms with Gasteiger partial charge in [-0.3, -0.25) is 0 Å². The fourth-order valence-electron chi connectivity index (χ4n) is 3.91. The molecule has 156 valence electrons. The maximum absolute atomic E-state index is 11.7. The van der Waals surface area contributed by atoms with Gasteiger partial charge in [0.1, 0.15) is 23.4 Å². The van der Waals surface area contributed by atoms with Crippen LogP contribution >= 0.6 is 0 Å². The average molecular weight is 426 g/mol. The Bertz CT molecular complexity index is 1220. The normalized spacial score (nSPS) is 15.0. The SMILES string of the molecule is COc1cccc(C2Oc3ccc(C)c(OC)c3-c3ccc(CS(N)(=O)=O)cc32)c1. The van der Waals surface area contributed by atoms with Gasteiger partial charge in [0, 0.05) is 11.1 Å². The molecule has 7 heteroatoms. The van der Waals surface area contributed by atoms with Crippen LogP contribution in [0.5, 0.6) is 17.2 Å². The van der Waals surface area contributed by atoms with E-state index >= 15 is 0 Å². The van der Waals surface area contributed by atoms with Crippen molar-refractivity contribution in [3.8, 4) is 28.4 Å². The van der Waals surface area contributed by atoms with E-state index in [-0.39, 0.29) is 5.75 Å². The van der Waals surface area contributed by atoms with E-state index in [9.17, 15) is 8.42 Å². The molecule has 0 fully saturated rings. The van der Waals surface area contributed by atoms with E-state index in [1.165, 1.54) is 0 Å². The highest BCUT2D eigenvalue weighted by atomic mass is 32.2. The number of nitrogens with two attached hydrogens (primary N) is 1. The lowest BCUT2D eigenvalue weighted by Gasteiger charge is -2.31. The number of ether oxygens (including phenoxy) is 3. The van der Waals surface area contributed by atoms with Crippen LogP contribution < -0.4 is 19.3 Å². The molecule has 4 rings (SSSR count). The standard InChI is InChI=1S/C23H23NO5S/c1-14-7-10-20-21(22(14)28-3)18-9-8-15(13-30(24,25)26)11-19(18)23(29-20)16-5-4-6-17(12-16)27-2/h4-12,23H,13H2,1-3H3,(H2,24,25,26). The molecular formula is C23H23NO5S. The highest BCUT2D eigenvalue weighted by Crippen LogP contribution is 2.50. The van der Waals surface area contributed by atoms with Crippen molar-refractivity contribution in [1.29, 1.82) is 0 Å². The van der Waals surface area contributed by atoms with E-state index in [0.717, 1.165) is 33.6 Å². The highest BCUT2D eigenvalue weighted by Gasteiger charge is 2.31. The van der Waals surface area contributed by atoms with Gasteiger partial charge in [-0.25, -0.2) is 13.6 Å². The van der Waals surface area contributed by atoms with Crippen molar-refractivity contribution >= 4 is 10.0 Å². The number of sulfonamides is 1. The molecule has 1 heterocycles. The summed E-state index contributed by atoms with van der Waals surface area (Å²) >= 11 is 0. The zero-order chi connectivity index (χ0) is 21.5. The van der Waals surface area contributed by atoms with Crippen LogP contribution in [-0.2, 0) is 15.8 Å². The molecule has 6 nitrogen and oxygen atoms in total. The Hall–Kier alpha value is -3.03. The smallest absolute Gasteiger partial charge is 0.213 e. The summed E-state index contributed by atoms with van der Waals surface area (Å²) in [5.41, 5.74) is 5.12. The number of hydrogen-bond acceptors (Lipinski definition) is 5. The molecule has 30 heavy (non-hydrogen) atoms. The van der Waals surface area contributed by atoms with Crippen molar-refractivity contribution in [3.63, 3.8) is 0 Å². The van der Waals surface area contributed by atoms with Gasteiger partial charge >= 0.3 is 0 Å². The number of methoxy groups -OCH3 is 2. The van der Waals surface area contributed by atoms with Crippen LogP contribution in [0.15, 0.2) is 54.6 Å². The van der Waals surface area contributed by atoms with Crippen LogP contribution in [0, 0.1) is 6.92 Å². The molecule has 0 aromatic heterocycles. The zero-order valence-electron chi connectivity index (χ0n) is 17.0. The quantitative estimate of drug-likeness (QED) is 0.669. The first kappa shape index (κ1) is 20.3. The van der Waals surface area contributed by atoms with Crippen LogP contribution in [0.1, 0.15) is 28.4 Å². The van der Waals surface area contributed by atoms with E-state index in [1.54, 1.807) is 20.3 Å². The zero-order valence-corrected chi connectivity index (χ0v) is 17.8. The van der Waals surface area contributed by atoms with Gasteiger partial charge in [-0.05, 0) is 41.8 Å². The van der Waals surface area contributed by atoms with Crippen molar-refractivity contribution in [1.82, 2.24) is 0 Å². The van der Waals surface area contributed by atoms with Gasteiger partial charge in [0.25, 0.3) is 0 Å². The number of benzene rings is 3. The van der Waals surface area contributed by atoms with Crippen LogP contribution in [0.2, 0.25) is 0 Å². The Balaban J connectivity index is 1.95. The Labute approximate surface area is 176 Å². The van der Waals surface area contributed by atoms with Crippen LogP contribution in [0.25, 0.3) is 11.1 Å². The minimum atomic E-state index is -3.66. The number of fused-ring (bicyclic) bond motifs is 3. The van der Waals surface area contributed by atoms with Crippen molar-refractivity contribution < 1.29 is 22.6 Å². The number of primary sulfonamides is 1. The van der Waals surface area contributed by atoms with Crippen molar-refractivity contribution in [3.05, 3.63) is 76.9 Å². The molecule has 1 unspecified atom stereocenters. The lowest BCUT2D eigenvalue weighted by Crippen LogP contribution is -2.18. The van der Waals surface area contributed by atoms with E-state index in [2.05, 4.69) is 0 Å². The van der Waals surface area contributed by atoms with Crippen molar-refractivity contribution in [2.24, 2.45) is 5.14 Å². The molecule has 0 aliphatic carbocycles. The number of aryl methyl sites for hydroxylation is 1. The molecule has 0 bridgehead atoms. The minimum absolute atomic E-state index is 0.247. The van der Waals surface area contributed by atoms with Gasteiger partial charge in [0.15, 0.2) is 0 Å². The molecule has 0 amide bonds. The lowest BCUT2D eigenvalue weighted by atomic mass is 9.87. The molecule has 3 aromatic rings. The van der Waals surface area contributed by atoms with E-state index in [4.69, 9.17) is 19.3 Å². The van der Waals surface area contributed by atoms with Gasteiger partial charge in [0.2, 0.25) is 10.0 Å². The van der Waals surface area contributed by atoms with E-state index in [0.29, 0.717) is 17.1 Å². The molecule has 2 N–H and O–H groups in total. The van der Waals surface area contributed by atoms with E-state index in [1.807, 2.05) is 55.5 Å². The summed E-state index contributed by atoms with van der Waals surface area (Å²) in [5, 5.41) is 5.27. The lowest BCUT2D eigenvalue weighted by molar-refractivity contribution is 0.241. The molecule has 3 aromatic carbocycles. The van der Waals surface area contributed by atoms with Crippen LogP contribution in [0.3, 0.4) is 0 Å². The average Bonchev–Trinajstić information content (AvgIpc) is 2.72. The third-order valence-electron chi connectivity index (χ3n) is 5.20. The fourth-order valence-corrected chi connectivity index (χ4v) is 4.55. The molecular weight excluding hydrogens is 402 g/mol. The van der Waals surface area contributed by atoms with Gasteiger partial charge in [-0.15, -0.1) is 0 Å². The summed E-state index contributed by atoms with van der Waals surface area (Å²) in [7, 11) is -0.418. The number of rotatable bonds is 5. The van der Waals surface area contributed by atoms with Gasteiger partial charge in [0.05, 0.1) is 25.5 Å². The third kappa shape index (κ3) is 3.74. The van der Waals surface area contributed by atoms with Gasteiger partial charge in [-0.1, -0.05) is 36.4 Å². The summed E-state index contributed by atoms with van der Waals surface area (Å²) in [4.78, 5) is 0. The summed E-state index contributed by atoms with van der Waals surface area (Å²) in [6.45, 7) is 1.97. The fraction of sp³-hybridized carbons (Fsp3) is 0.217. The Morgan fingerprint density at radius 1 is 1.03 bits per heavy atom. The summed E-state index contributed by atoms with van der Waals surface area (Å²) in [6, 6.07) is 17.1. The maximum atomic E-state index is 11.7. The second-order valence-electron chi connectivity index (χ2n) is 7.29. The molecule has 0 saturated carbocycles. The Morgan fingerprint density at radius 3 is 2.53 bits per heavy atom. The Kier molecular flexibility index (Phi) is 5.17. The molecule has 0 spiro atoms. The summed E-state index contributed by atoms with van der Waals surface area (Å²) in [6.07, 6.45) is -0.435. The third-order valence-corrected chi connectivity index (χ3v) is 5.93. The Morgan fingerprint density at radius 2 is 1.83 bits per heavy atom. The second kappa shape index (κ2) is 7.66. The van der Waals surface area contributed by atoms with Crippen LogP contribution in [-0.4, -0.2) is 22.6 Å². The molecule has 1 aliphatic heterocycles. The predicted molar refractivity (Wildman–Crippen MR) is 115 cm³/mol. The molecule has 0 radical (unpaired) electrons. The maximum Gasteiger partial charge on any atom is 0.213 e. The monoisotopic (exact) mass is 425 g/mol. The van der Waals surface area contributed by atoms with Crippen LogP contribution in [0.4, 0.5) is 0 Å². The first-order valence-electron chi connectivity index (χ1n) is 9.42. The van der Waals surface area contributed by atoms with E-state index < -0.39 is 16.1 Å². The second-order valence-corrected chi connectivity index (χ2v) is 8.91. The van der Waals surface area contributed by atoms with Gasteiger partial charge in [-0.2, -0.15) is 0 Å². The topological polar surface area (TPSA) is 87.8 Å². The molecule has 1 aliphatic rings. The number of hydrogen-bond donors (Lipinski definition) is 1. The summed E-state index contributed by atoms with van der Waals surface area (Å²) in [5.74, 6) is 1.91. The first-order chi connectivity index (χ1) is 14.3. The van der Waals surface area contributed by atoms with Crippen molar-refractivity contribution in [2.45, 2.75) is 18.8 Å².